The van der Waals surface area contributed by atoms with E-state index in [9.17, 15) is 0 Å². The molecule has 0 rings (SSSR count). The van der Waals surface area contributed by atoms with Gasteiger partial charge in [-0.05, 0) is 0 Å². The zero-order valence-electron chi connectivity index (χ0n) is 9.49. The molecule has 0 aromatic heterocycles. The molecule has 0 N–H and O–H groups in total. The third-order valence-corrected chi connectivity index (χ3v) is 2.60. The molecule has 0 bridgehead atoms. The molecule has 0 fully saturated rings. The average Bonchev–Trinajstić information content (AvgIpc) is 2.16. The second-order valence-electron chi connectivity index (χ2n) is 4.04. The van der Waals surface area contributed by atoms with Gasteiger partial charge < -0.3 is 0 Å². The van der Waals surface area contributed by atoms with Crippen molar-refractivity contribution in [2.45, 2.75) is 77.6 Å². The summed E-state index contributed by atoms with van der Waals surface area (Å²) in [5.74, 6) is 0. The van der Waals surface area contributed by atoms with Gasteiger partial charge in [0.2, 0.25) is 0 Å². The van der Waals surface area contributed by atoms with Crippen molar-refractivity contribution in [3.05, 3.63) is 6.92 Å². The number of hydrogen-bond donors (Lipinski definition) is 0. The van der Waals surface area contributed by atoms with Crippen LogP contribution in [-0.4, -0.2) is 29.6 Å². The summed E-state index contributed by atoms with van der Waals surface area (Å²) in [6.45, 7) is 6.13. The summed E-state index contributed by atoms with van der Waals surface area (Å²) in [4.78, 5) is 0. The molecular weight excluding hydrogens is 179 g/mol. The summed E-state index contributed by atoms with van der Waals surface area (Å²) >= 11 is 0. The summed E-state index contributed by atoms with van der Waals surface area (Å²) < 4.78 is 0. The standard InChI is InChI=1S/C13H27.Na.H/c1-3-5-7-9-11-13-12-10-8-6-4-2;;/h1,3-13H2,2H3;;. The first-order valence-corrected chi connectivity index (χ1v) is 6.21. The molecule has 0 amide bonds. The van der Waals surface area contributed by atoms with Gasteiger partial charge >= 0.3 is 29.6 Å². The molecule has 81 valence electrons. The first-order valence-electron chi connectivity index (χ1n) is 6.21. The molecule has 0 saturated carbocycles. The minimum atomic E-state index is 0. The van der Waals surface area contributed by atoms with E-state index in [0.29, 0.717) is 0 Å². The number of rotatable bonds is 10. The summed E-state index contributed by atoms with van der Waals surface area (Å²) in [5, 5.41) is 0. The minimum absolute atomic E-state index is 0. The van der Waals surface area contributed by atoms with E-state index in [1.165, 1.54) is 64.2 Å². The van der Waals surface area contributed by atoms with Crippen LogP contribution in [-0.2, 0) is 0 Å². The SMILES string of the molecule is [CH2]CCCCCCCCCCCC.[NaH]. The van der Waals surface area contributed by atoms with Crippen molar-refractivity contribution in [1.82, 2.24) is 0 Å². The van der Waals surface area contributed by atoms with Crippen molar-refractivity contribution in [3.8, 4) is 0 Å². The Morgan fingerprint density at radius 1 is 0.643 bits per heavy atom. The van der Waals surface area contributed by atoms with E-state index in [1.54, 1.807) is 0 Å². The van der Waals surface area contributed by atoms with Gasteiger partial charge in [0, 0.05) is 0 Å². The fourth-order valence-corrected chi connectivity index (χ4v) is 1.66. The summed E-state index contributed by atoms with van der Waals surface area (Å²) in [6, 6.07) is 0. The van der Waals surface area contributed by atoms with Crippen LogP contribution >= 0.6 is 0 Å². The molecule has 0 aliphatic rings. The van der Waals surface area contributed by atoms with Gasteiger partial charge in [-0.1, -0.05) is 84.5 Å². The Morgan fingerprint density at radius 3 is 1.36 bits per heavy atom. The molecule has 0 unspecified atom stereocenters. The van der Waals surface area contributed by atoms with Crippen LogP contribution in [0.4, 0.5) is 0 Å². The van der Waals surface area contributed by atoms with Crippen molar-refractivity contribution in [1.29, 1.82) is 0 Å². The second kappa shape index (κ2) is 16.4. The van der Waals surface area contributed by atoms with E-state index in [1.807, 2.05) is 0 Å². The molecule has 0 aliphatic heterocycles. The van der Waals surface area contributed by atoms with Crippen LogP contribution < -0.4 is 0 Å². The third-order valence-electron chi connectivity index (χ3n) is 2.60. The predicted octanol–water partition coefficient (Wildman–Crippen LogP) is 4.48. The van der Waals surface area contributed by atoms with Gasteiger partial charge in [-0.2, -0.15) is 0 Å². The van der Waals surface area contributed by atoms with E-state index in [-0.39, 0.29) is 29.6 Å². The van der Waals surface area contributed by atoms with Gasteiger partial charge in [0.25, 0.3) is 0 Å². The van der Waals surface area contributed by atoms with Crippen molar-refractivity contribution in [2.24, 2.45) is 0 Å². The van der Waals surface area contributed by atoms with Crippen molar-refractivity contribution < 1.29 is 0 Å². The van der Waals surface area contributed by atoms with Crippen LogP contribution in [0.5, 0.6) is 0 Å². The maximum atomic E-state index is 3.85. The predicted molar refractivity (Wildman–Crippen MR) is 69.0 cm³/mol. The first kappa shape index (κ1) is 17.4. The van der Waals surface area contributed by atoms with Crippen molar-refractivity contribution in [2.75, 3.05) is 0 Å². The van der Waals surface area contributed by atoms with Crippen LogP contribution in [0, 0.1) is 6.92 Å². The first-order chi connectivity index (χ1) is 6.41. The van der Waals surface area contributed by atoms with Gasteiger partial charge in [0.05, 0.1) is 0 Å². The Kier molecular flexibility index (Phi) is 20.4. The molecule has 0 nitrogen and oxygen atoms in total. The zero-order chi connectivity index (χ0) is 9.78. The quantitative estimate of drug-likeness (QED) is 0.366. The Hall–Kier alpha value is 1.00. The third kappa shape index (κ3) is 15.5. The molecule has 14 heavy (non-hydrogen) atoms. The number of hydrogen-bond acceptors (Lipinski definition) is 0. The molecular formula is C13H28Na. The topological polar surface area (TPSA) is 0 Å². The van der Waals surface area contributed by atoms with Crippen LogP contribution in [0.1, 0.15) is 77.6 Å². The van der Waals surface area contributed by atoms with Gasteiger partial charge in [-0.15, -0.1) is 0 Å². The summed E-state index contributed by atoms with van der Waals surface area (Å²) in [7, 11) is 0. The molecule has 0 aliphatic carbocycles. The second-order valence-corrected chi connectivity index (χ2v) is 4.04. The van der Waals surface area contributed by atoms with Crippen LogP contribution in [0.2, 0.25) is 0 Å². The van der Waals surface area contributed by atoms with Crippen molar-refractivity contribution in [3.63, 3.8) is 0 Å². The molecule has 0 atom stereocenters. The fourth-order valence-electron chi connectivity index (χ4n) is 1.66. The molecule has 0 heterocycles. The fraction of sp³-hybridized carbons (Fsp3) is 0.923. The summed E-state index contributed by atoms with van der Waals surface area (Å²) in [5.41, 5.74) is 0. The molecule has 0 spiro atoms. The summed E-state index contributed by atoms with van der Waals surface area (Å²) in [6.07, 6.45) is 15.4. The molecule has 0 aromatic rings. The van der Waals surface area contributed by atoms with E-state index >= 15 is 0 Å². The normalized spacial score (nSPS) is 9.86. The van der Waals surface area contributed by atoms with Gasteiger partial charge in [0.15, 0.2) is 0 Å². The van der Waals surface area contributed by atoms with E-state index in [2.05, 4.69) is 13.8 Å². The van der Waals surface area contributed by atoms with E-state index < -0.39 is 0 Å². The van der Waals surface area contributed by atoms with Crippen LogP contribution in [0.25, 0.3) is 0 Å². The number of unbranched alkanes of at least 4 members (excludes halogenated alkanes) is 10. The Balaban J connectivity index is 0. The molecule has 0 saturated heterocycles. The molecule has 1 radical (unpaired) electrons. The van der Waals surface area contributed by atoms with E-state index in [0.717, 1.165) is 6.42 Å². The van der Waals surface area contributed by atoms with Gasteiger partial charge in [0.1, 0.15) is 0 Å². The monoisotopic (exact) mass is 207 g/mol. The Bertz CT molecular complexity index is 71.3. The van der Waals surface area contributed by atoms with Gasteiger partial charge in [-0.25, -0.2) is 0 Å². The zero-order valence-corrected chi connectivity index (χ0v) is 9.49. The van der Waals surface area contributed by atoms with E-state index in [4.69, 9.17) is 0 Å². The van der Waals surface area contributed by atoms with Gasteiger partial charge in [-0.3, -0.25) is 0 Å². The Morgan fingerprint density at radius 2 is 1.00 bits per heavy atom. The Labute approximate surface area is 114 Å². The average molecular weight is 207 g/mol. The van der Waals surface area contributed by atoms with Crippen molar-refractivity contribution >= 4 is 29.6 Å². The molecule has 0 aromatic carbocycles. The van der Waals surface area contributed by atoms with Crippen LogP contribution in [0.15, 0.2) is 0 Å². The van der Waals surface area contributed by atoms with Crippen LogP contribution in [0.3, 0.4) is 0 Å². The maximum absolute atomic E-state index is 3.85. The molecule has 1 heteroatoms.